The molecule has 0 heterocycles. The minimum atomic E-state index is -1.43. The smallest absolute Gasteiger partial charge is 0.235 e. The number of anilines is 1. The summed E-state index contributed by atoms with van der Waals surface area (Å²) in [6, 6.07) is 4.74. The van der Waals surface area contributed by atoms with Gasteiger partial charge in [-0.1, -0.05) is 11.6 Å². The molecule has 0 aliphatic rings. The zero-order valence-electron chi connectivity index (χ0n) is 9.77. The first-order chi connectivity index (χ1) is 7.95. The molecule has 1 aromatic carbocycles. The molecule has 0 bridgehead atoms. The van der Waals surface area contributed by atoms with Crippen LogP contribution in [0.4, 0.5) is 5.69 Å². The van der Waals surface area contributed by atoms with Gasteiger partial charge in [0, 0.05) is 19.3 Å². The van der Waals surface area contributed by atoms with Crippen molar-refractivity contribution in [2.24, 2.45) is 0 Å². The fourth-order valence-electron chi connectivity index (χ4n) is 1.18. The van der Waals surface area contributed by atoms with Crippen molar-refractivity contribution in [3.8, 4) is 0 Å². The monoisotopic (exact) mass is 274 g/mol. The van der Waals surface area contributed by atoms with Crippen molar-refractivity contribution in [2.45, 2.75) is 11.8 Å². The molecule has 0 spiro atoms. The fraction of sp³-hybridized carbons (Fsp3) is 0.364. The molecule has 0 fully saturated rings. The molecule has 0 aliphatic heterocycles. The molecule has 1 aromatic rings. The van der Waals surface area contributed by atoms with E-state index in [-0.39, 0.29) is 11.7 Å². The van der Waals surface area contributed by atoms with E-state index in [1.54, 1.807) is 19.2 Å². The van der Waals surface area contributed by atoms with E-state index in [0.717, 1.165) is 0 Å². The van der Waals surface area contributed by atoms with Crippen LogP contribution in [0, 0.1) is 0 Å². The van der Waals surface area contributed by atoms with Crippen molar-refractivity contribution in [1.29, 1.82) is 0 Å². The van der Waals surface area contributed by atoms with Gasteiger partial charge in [0.1, 0.15) is 5.75 Å². The van der Waals surface area contributed by atoms with E-state index in [2.05, 4.69) is 0 Å². The highest BCUT2D eigenvalue weighted by Crippen LogP contribution is 2.22. The van der Waals surface area contributed by atoms with E-state index in [9.17, 15) is 9.00 Å². The number of benzene rings is 1. The maximum Gasteiger partial charge on any atom is 0.235 e. The van der Waals surface area contributed by atoms with E-state index >= 15 is 0 Å². The molecule has 1 unspecified atom stereocenters. The quantitative estimate of drug-likeness (QED) is 0.847. The summed E-state index contributed by atoms with van der Waals surface area (Å²) >= 11 is 5.92. The summed E-state index contributed by atoms with van der Waals surface area (Å²) in [5.74, 6) is -0.229. The highest BCUT2D eigenvalue weighted by Gasteiger charge is 2.15. The number of nitrogens with zero attached hydrogens (tertiary/aromatic N) is 1. The van der Waals surface area contributed by atoms with E-state index in [1.165, 1.54) is 11.0 Å². The van der Waals surface area contributed by atoms with Crippen LogP contribution in [0.2, 0.25) is 5.02 Å². The molecule has 17 heavy (non-hydrogen) atoms. The molecular formula is C11H15ClN2O2S. The third kappa shape index (κ3) is 3.71. The summed E-state index contributed by atoms with van der Waals surface area (Å²) in [6.07, 6.45) is 0. The Kier molecular flexibility index (Phi) is 4.96. The summed E-state index contributed by atoms with van der Waals surface area (Å²) in [6.45, 7) is 2.45. The second kappa shape index (κ2) is 6.02. The van der Waals surface area contributed by atoms with Crippen molar-refractivity contribution < 1.29 is 9.00 Å². The molecule has 4 nitrogen and oxygen atoms in total. The van der Waals surface area contributed by atoms with Gasteiger partial charge in [0.15, 0.2) is 0 Å². The van der Waals surface area contributed by atoms with Crippen LogP contribution in [0.3, 0.4) is 0 Å². The van der Waals surface area contributed by atoms with Gasteiger partial charge in [0.05, 0.1) is 20.7 Å². The number of carbonyl (C=O) groups excluding carboxylic acids is 1. The van der Waals surface area contributed by atoms with Crippen molar-refractivity contribution >= 4 is 34.0 Å². The highest BCUT2D eigenvalue weighted by atomic mass is 35.5. The van der Waals surface area contributed by atoms with Crippen LogP contribution in [0.15, 0.2) is 23.1 Å². The lowest BCUT2D eigenvalue weighted by Crippen LogP contribution is -2.30. The molecule has 0 aliphatic carbocycles. The highest BCUT2D eigenvalue weighted by molar-refractivity contribution is 7.85. The molecule has 1 atom stereocenters. The third-order valence-corrected chi connectivity index (χ3v) is 4.14. The normalized spacial score (nSPS) is 12.2. The fourth-order valence-corrected chi connectivity index (χ4v) is 2.72. The van der Waals surface area contributed by atoms with Gasteiger partial charge in [-0.25, -0.2) is 0 Å². The minimum Gasteiger partial charge on any atom is -0.399 e. The predicted molar refractivity (Wildman–Crippen MR) is 70.5 cm³/mol. The Morgan fingerprint density at radius 2 is 2.18 bits per heavy atom. The molecular weight excluding hydrogens is 260 g/mol. The Morgan fingerprint density at radius 3 is 2.71 bits per heavy atom. The van der Waals surface area contributed by atoms with Crippen LogP contribution >= 0.6 is 11.6 Å². The van der Waals surface area contributed by atoms with Gasteiger partial charge in [-0.2, -0.15) is 0 Å². The maximum atomic E-state index is 11.9. The maximum absolute atomic E-state index is 11.9. The minimum absolute atomic E-state index is 0.0615. The summed E-state index contributed by atoms with van der Waals surface area (Å²) in [7, 11) is 0.237. The van der Waals surface area contributed by atoms with E-state index in [4.69, 9.17) is 17.3 Å². The number of amides is 1. The van der Waals surface area contributed by atoms with Gasteiger partial charge in [-0.3, -0.25) is 9.00 Å². The Balaban J connectivity index is 2.80. The molecule has 1 amide bonds. The first kappa shape index (κ1) is 14.0. The lowest BCUT2D eigenvalue weighted by molar-refractivity contribution is -0.126. The molecule has 0 saturated carbocycles. The van der Waals surface area contributed by atoms with Crippen LogP contribution in [0.1, 0.15) is 6.92 Å². The summed E-state index contributed by atoms with van der Waals surface area (Å²) in [5.41, 5.74) is 6.05. The first-order valence-corrected chi connectivity index (χ1v) is 6.82. The molecule has 0 aromatic heterocycles. The number of carbonyl (C=O) groups is 1. The zero-order chi connectivity index (χ0) is 13.0. The van der Waals surface area contributed by atoms with E-state index in [0.29, 0.717) is 22.2 Å². The molecule has 6 heteroatoms. The number of hydrogen-bond donors (Lipinski definition) is 1. The van der Waals surface area contributed by atoms with Gasteiger partial charge in [-0.15, -0.1) is 0 Å². The Hall–Kier alpha value is -1.07. The lowest BCUT2D eigenvalue weighted by atomic mass is 10.3. The second-order valence-corrected chi connectivity index (χ2v) is 5.41. The number of nitrogen functional groups attached to an aromatic ring is 1. The zero-order valence-corrected chi connectivity index (χ0v) is 11.3. The van der Waals surface area contributed by atoms with Crippen LogP contribution in [0.25, 0.3) is 0 Å². The summed E-state index contributed by atoms with van der Waals surface area (Å²) in [4.78, 5) is 13.6. The van der Waals surface area contributed by atoms with Crippen LogP contribution in [-0.2, 0) is 15.6 Å². The molecule has 94 valence electrons. The predicted octanol–water partition coefficient (Wildman–Crippen LogP) is 1.51. The van der Waals surface area contributed by atoms with Gasteiger partial charge in [0.2, 0.25) is 5.91 Å². The Labute approximate surface area is 108 Å². The first-order valence-electron chi connectivity index (χ1n) is 5.13. The average molecular weight is 275 g/mol. The molecule has 1 rings (SSSR count). The standard InChI is InChI=1S/C11H15ClN2O2S/c1-3-14(2)11(15)7-17(16)10-5-4-8(13)6-9(10)12/h4-6H,3,7,13H2,1-2H3. The van der Waals surface area contributed by atoms with Gasteiger partial charge < -0.3 is 10.6 Å². The molecule has 0 radical (unpaired) electrons. The average Bonchev–Trinajstić information content (AvgIpc) is 2.27. The Bertz CT molecular complexity index is 451. The second-order valence-electron chi connectivity index (χ2n) is 3.59. The SMILES string of the molecule is CCN(C)C(=O)CS(=O)c1ccc(N)cc1Cl. The van der Waals surface area contributed by atoms with Crippen LogP contribution in [0.5, 0.6) is 0 Å². The van der Waals surface area contributed by atoms with Crippen LogP contribution in [-0.4, -0.2) is 34.4 Å². The van der Waals surface area contributed by atoms with Gasteiger partial charge >= 0.3 is 0 Å². The number of rotatable bonds is 4. The van der Waals surface area contributed by atoms with Gasteiger partial charge in [0.25, 0.3) is 0 Å². The van der Waals surface area contributed by atoms with E-state index < -0.39 is 10.8 Å². The number of halogens is 1. The number of nitrogens with two attached hydrogens (primary N) is 1. The van der Waals surface area contributed by atoms with Crippen molar-refractivity contribution in [3.05, 3.63) is 23.2 Å². The van der Waals surface area contributed by atoms with Crippen molar-refractivity contribution in [1.82, 2.24) is 4.90 Å². The lowest BCUT2D eigenvalue weighted by Gasteiger charge is -2.14. The molecule has 2 N–H and O–H groups in total. The van der Waals surface area contributed by atoms with E-state index in [1.807, 2.05) is 6.92 Å². The largest absolute Gasteiger partial charge is 0.399 e. The summed E-state index contributed by atoms with van der Waals surface area (Å²) in [5, 5.41) is 0.329. The Morgan fingerprint density at radius 1 is 1.53 bits per heavy atom. The third-order valence-electron chi connectivity index (χ3n) is 2.36. The molecule has 0 saturated heterocycles. The van der Waals surface area contributed by atoms with Crippen molar-refractivity contribution in [2.75, 3.05) is 25.1 Å². The summed E-state index contributed by atoms with van der Waals surface area (Å²) < 4.78 is 11.9. The van der Waals surface area contributed by atoms with Crippen LogP contribution < -0.4 is 5.73 Å². The topological polar surface area (TPSA) is 63.4 Å². The van der Waals surface area contributed by atoms with Crippen molar-refractivity contribution in [3.63, 3.8) is 0 Å². The van der Waals surface area contributed by atoms with Gasteiger partial charge in [-0.05, 0) is 25.1 Å². The number of hydrogen-bond acceptors (Lipinski definition) is 3.